The second kappa shape index (κ2) is 5.59. The van der Waals surface area contributed by atoms with Crippen molar-refractivity contribution >= 4 is 11.6 Å². The molecule has 1 N–H and O–H groups in total. The number of halogens is 1. The lowest BCUT2D eigenvalue weighted by molar-refractivity contribution is 0.198. The first-order valence-electron chi connectivity index (χ1n) is 7.20. The normalized spacial score (nSPS) is 25.2. The molecule has 2 heteroatoms. The fraction of sp³-hybridized carbons (Fsp3) is 0.333. The Morgan fingerprint density at radius 1 is 1.05 bits per heavy atom. The molecule has 0 bridgehead atoms. The summed E-state index contributed by atoms with van der Waals surface area (Å²) in [6, 6.07) is 19.1. The van der Waals surface area contributed by atoms with Crippen molar-refractivity contribution in [1.82, 2.24) is 5.32 Å². The van der Waals surface area contributed by atoms with E-state index in [2.05, 4.69) is 47.8 Å². The molecule has 0 unspecified atom stereocenters. The standard InChI is InChI=1S/C18H20ClN/c1-20-13-18(16-9-5-6-10-17(16)19)11-15(12-18)14-7-3-2-4-8-14/h2-10,15,20H,11-13H2,1H3. The van der Waals surface area contributed by atoms with Crippen molar-refractivity contribution in [3.63, 3.8) is 0 Å². The summed E-state index contributed by atoms with van der Waals surface area (Å²) in [6.45, 7) is 0.986. The molecule has 104 valence electrons. The predicted molar refractivity (Wildman–Crippen MR) is 85.5 cm³/mol. The molecule has 3 rings (SSSR count). The van der Waals surface area contributed by atoms with Crippen molar-refractivity contribution in [3.05, 3.63) is 70.7 Å². The number of rotatable bonds is 4. The fourth-order valence-corrected chi connectivity index (χ4v) is 3.87. The first kappa shape index (κ1) is 13.7. The molecule has 1 nitrogen and oxygen atoms in total. The van der Waals surface area contributed by atoms with Crippen LogP contribution >= 0.6 is 11.6 Å². The Balaban J connectivity index is 1.85. The molecule has 1 aliphatic carbocycles. The van der Waals surface area contributed by atoms with Crippen LogP contribution in [0.5, 0.6) is 0 Å². The second-order valence-electron chi connectivity index (χ2n) is 5.81. The maximum absolute atomic E-state index is 6.42. The quantitative estimate of drug-likeness (QED) is 0.879. The zero-order valence-electron chi connectivity index (χ0n) is 11.8. The lowest BCUT2D eigenvalue weighted by Gasteiger charge is -2.49. The number of likely N-dealkylation sites (N-methyl/N-ethyl adjacent to an activating group) is 1. The highest BCUT2D eigenvalue weighted by atomic mass is 35.5. The molecule has 1 fully saturated rings. The van der Waals surface area contributed by atoms with E-state index in [0.29, 0.717) is 5.92 Å². The SMILES string of the molecule is CNCC1(c2ccccc2Cl)CC(c2ccccc2)C1. The zero-order valence-corrected chi connectivity index (χ0v) is 12.5. The van der Waals surface area contributed by atoms with Gasteiger partial charge in [0.1, 0.15) is 0 Å². The first-order valence-corrected chi connectivity index (χ1v) is 7.57. The third kappa shape index (κ3) is 2.36. The van der Waals surface area contributed by atoms with Gasteiger partial charge in [0.15, 0.2) is 0 Å². The average molecular weight is 286 g/mol. The minimum atomic E-state index is 0.188. The zero-order chi connectivity index (χ0) is 14.0. The maximum Gasteiger partial charge on any atom is 0.0444 e. The fourth-order valence-electron chi connectivity index (χ4n) is 3.53. The Hall–Kier alpha value is -1.31. The molecule has 0 radical (unpaired) electrons. The molecule has 0 saturated heterocycles. The summed E-state index contributed by atoms with van der Waals surface area (Å²) in [5.41, 5.74) is 2.93. The lowest BCUT2D eigenvalue weighted by Crippen LogP contribution is -2.47. The molecule has 0 aromatic heterocycles. The highest BCUT2D eigenvalue weighted by molar-refractivity contribution is 6.31. The van der Waals surface area contributed by atoms with Gasteiger partial charge >= 0.3 is 0 Å². The highest BCUT2D eigenvalue weighted by Crippen LogP contribution is 2.53. The van der Waals surface area contributed by atoms with Gasteiger partial charge in [-0.25, -0.2) is 0 Å². The van der Waals surface area contributed by atoms with Crippen molar-refractivity contribution < 1.29 is 0 Å². The number of hydrogen-bond donors (Lipinski definition) is 1. The molecule has 1 saturated carbocycles. The van der Waals surface area contributed by atoms with E-state index in [4.69, 9.17) is 11.6 Å². The Morgan fingerprint density at radius 3 is 2.35 bits per heavy atom. The van der Waals surface area contributed by atoms with Crippen molar-refractivity contribution in [2.24, 2.45) is 0 Å². The summed E-state index contributed by atoms with van der Waals surface area (Å²) in [5.74, 6) is 0.654. The van der Waals surface area contributed by atoms with Crippen LogP contribution in [-0.2, 0) is 5.41 Å². The van der Waals surface area contributed by atoms with Crippen LogP contribution in [0.2, 0.25) is 5.02 Å². The summed E-state index contributed by atoms with van der Waals surface area (Å²) in [7, 11) is 2.02. The summed E-state index contributed by atoms with van der Waals surface area (Å²) >= 11 is 6.42. The van der Waals surface area contributed by atoms with Crippen molar-refractivity contribution in [2.75, 3.05) is 13.6 Å². The minimum absolute atomic E-state index is 0.188. The Labute approximate surface area is 126 Å². The van der Waals surface area contributed by atoms with Crippen molar-refractivity contribution in [2.45, 2.75) is 24.2 Å². The molecule has 2 aromatic carbocycles. The van der Waals surface area contributed by atoms with E-state index >= 15 is 0 Å². The lowest BCUT2D eigenvalue weighted by atomic mass is 9.57. The second-order valence-corrected chi connectivity index (χ2v) is 6.21. The van der Waals surface area contributed by atoms with E-state index in [-0.39, 0.29) is 5.41 Å². The van der Waals surface area contributed by atoms with Gasteiger partial charge in [-0.2, -0.15) is 0 Å². The van der Waals surface area contributed by atoms with Gasteiger partial charge in [-0.05, 0) is 43.0 Å². The van der Waals surface area contributed by atoms with E-state index < -0.39 is 0 Å². The van der Waals surface area contributed by atoms with Crippen LogP contribution in [0.25, 0.3) is 0 Å². The Morgan fingerprint density at radius 2 is 1.70 bits per heavy atom. The molecular weight excluding hydrogens is 266 g/mol. The van der Waals surface area contributed by atoms with Crippen LogP contribution in [0.3, 0.4) is 0 Å². The topological polar surface area (TPSA) is 12.0 Å². The molecule has 1 aliphatic rings. The number of nitrogens with one attached hydrogen (secondary N) is 1. The molecule has 20 heavy (non-hydrogen) atoms. The van der Waals surface area contributed by atoms with Crippen LogP contribution in [0.15, 0.2) is 54.6 Å². The van der Waals surface area contributed by atoms with Crippen LogP contribution in [-0.4, -0.2) is 13.6 Å². The van der Waals surface area contributed by atoms with E-state index in [1.807, 2.05) is 19.2 Å². The van der Waals surface area contributed by atoms with Crippen LogP contribution < -0.4 is 5.32 Å². The third-order valence-electron chi connectivity index (χ3n) is 4.51. The Bertz CT molecular complexity index is 573. The number of hydrogen-bond acceptors (Lipinski definition) is 1. The highest BCUT2D eigenvalue weighted by Gasteiger charge is 2.46. The summed E-state index contributed by atoms with van der Waals surface area (Å²) in [5, 5.41) is 4.25. The molecule has 0 heterocycles. The Kier molecular flexibility index (Phi) is 3.82. The molecule has 0 spiro atoms. The molecule has 0 amide bonds. The monoisotopic (exact) mass is 285 g/mol. The van der Waals surface area contributed by atoms with E-state index in [1.54, 1.807) is 0 Å². The van der Waals surface area contributed by atoms with Crippen LogP contribution in [0.4, 0.5) is 0 Å². The summed E-state index contributed by atoms with van der Waals surface area (Å²) < 4.78 is 0. The van der Waals surface area contributed by atoms with Crippen molar-refractivity contribution in [1.29, 1.82) is 0 Å². The third-order valence-corrected chi connectivity index (χ3v) is 4.84. The van der Waals surface area contributed by atoms with Gasteiger partial charge in [0.2, 0.25) is 0 Å². The molecule has 0 atom stereocenters. The van der Waals surface area contributed by atoms with Gasteiger partial charge in [-0.3, -0.25) is 0 Å². The molecule has 0 aliphatic heterocycles. The van der Waals surface area contributed by atoms with Crippen LogP contribution in [0.1, 0.15) is 29.9 Å². The van der Waals surface area contributed by atoms with Crippen molar-refractivity contribution in [3.8, 4) is 0 Å². The van der Waals surface area contributed by atoms with Gasteiger partial charge in [0.05, 0.1) is 0 Å². The smallest absolute Gasteiger partial charge is 0.0444 e. The molecule has 2 aromatic rings. The van der Waals surface area contributed by atoms with E-state index in [1.165, 1.54) is 24.0 Å². The van der Waals surface area contributed by atoms with Gasteiger partial charge in [-0.1, -0.05) is 60.1 Å². The predicted octanol–water partition coefficient (Wildman–Crippen LogP) is 4.37. The maximum atomic E-state index is 6.42. The number of benzene rings is 2. The largest absolute Gasteiger partial charge is 0.319 e. The first-order chi connectivity index (χ1) is 9.75. The van der Waals surface area contributed by atoms with E-state index in [9.17, 15) is 0 Å². The summed E-state index contributed by atoms with van der Waals surface area (Å²) in [4.78, 5) is 0. The minimum Gasteiger partial charge on any atom is -0.319 e. The van der Waals surface area contributed by atoms with E-state index in [0.717, 1.165) is 11.6 Å². The average Bonchev–Trinajstić information content (AvgIpc) is 2.44. The van der Waals surface area contributed by atoms with Crippen LogP contribution in [0, 0.1) is 0 Å². The van der Waals surface area contributed by atoms with Gasteiger partial charge in [0, 0.05) is 17.0 Å². The summed E-state index contributed by atoms with van der Waals surface area (Å²) in [6.07, 6.45) is 2.34. The molecular formula is C18H20ClN. The van der Waals surface area contributed by atoms with Gasteiger partial charge in [-0.15, -0.1) is 0 Å². The van der Waals surface area contributed by atoms with Gasteiger partial charge in [0.25, 0.3) is 0 Å². The van der Waals surface area contributed by atoms with Gasteiger partial charge < -0.3 is 5.32 Å².